The maximum Gasteiger partial charge on any atom is 0.269 e. The van der Waals surface area contributed by atoms with E-state index in [1.807, 2.05) is 6.92 Å². The molecule has 4 bridgehead atoms. The summed E-state index contributed by atoms with van der Waals surface area (Å²) >= 11 is 0. The molecular weight excluding hydrogens is 368 g/mol. The maximum atomic E-state index is 12.6. The molecule has 0 aromatic heterocycles. The molecule has 0 radical (unpaired) electrons. The van der Waals surface area contributed by atoms with Gasteiger partial charge in [0, 0.05) is 24.2 Å². The number of rotatable bonds is 7. The lowest BCUT2D eigenvalue weighted by Gasteiger charge is -2.56. The number of amides is 2. The first kappa shape index (κ1) is 20.2. The van der Waals surface area contributed by atoms with Crippen LogP contribution in [0.3, 0.4) is 0 Å². The molecule has 1 aromatic carbocycles. The number of hydrazine groups is 1. The van der Waals surface area contributed by atoms with Crippen molar-refractivity contribution in [3.63, 3.8) is 0 Å². The van der Waals surface area contributed by atoms with Crippen molar-refractivity contribution in [3.05, 3.63) is 29.3 Å². The fraction of sp³-hybridized carbons (Fsp3) is 0.652. The molecule has 2 N–H and O–H groups in total. The number of hydrogen-bond acceptors (Lipinski definition) is 4. The van der Waals surface area contributed by atoms with Crippen molar-refractivity contribution in [3.8, 4) is 5.75 Å². The molecule has 158 valence electrons. The zero-order valence-corrected chi connectivity index (χ0v) is 17.5. The molecule has 5 rings (SSSR count). The predicted octanol–water partition coefficient (Wildman–Crippen LogP) is 3.60. The number of benzene rings is 1. The highest BCUT2D eigenvalue weighted by atomic mass is 16.5. The van der Waals surface area contributed by atoms with Crippen molar-refractivity contribution < 1.29 is 19.1 Å². The molecule has 4 fully saturated rings. The summed E-state index contributed by atoms with van der Waals surface area (Å²) in [6.07, 6.45) is 8.14. The van der Waals surface area contributed by atoms with Crippen LogP contribution in [0.1, 0.15) is 67.8 Å². The third-order valence-corrected chi connectivity index (χ3v) is 7.02. The summed E-state index contributed by atoms with van der Waals surface area (Å²) in [5, 5.41) is 0. The van der Waals surface area contributed by atoms with Gasteiger partial charge in [-0.3, -0.25) is 20.4 Å². The van der Waals surface area contributed by atoms with Gasteiger partial charge in [0.2, 0.25) is 5.91 Å². The second kappa shape index (κ2) is 8.34. The van der Waals surface area contributed by atoms with E-state index in [1.165, 1.54) is 38.5 Å². The Balaban J connectivity index is 1.33. The Kier molecular flexibility index (Phi) is 5.81. The van der Waals surface area contributed by atoms with E-state index < -0.39 is 0 Å². The lowest BCUT2D eigenvalue weighted by Crippen LogP contribution is -2.50. The highest BCUT2D eigenvalue weighted by Gasteiger charge is 2.51. The Bertz CT molecular complexity index is 741. The molecule has 6 heteroatoms. The van der Waals surface area contributed by atoms with Gasteiger partial charge in [-0.15, -0.1) is 0 Å². The van der Waals surface area contributed by atoms with Crippen LogP contribution in [0.25, 0.3) is 0 Å². The molecule has 0 unspecified atom stereocenters. The monoisotopic (exact) mass is 400 g/mol. The van der Waals surface area contributed by atoms with Gasteiger partial charge in [0.15, 0.2) is 0 Å². The minimum Gasteiger partial charge on any atom is -0.496 e. The maximum absolute atomic E-state index is 12.6. The van der Waals surface area contributed by atoms with Gasteiger partial charge in [-0.25, -0.2) is 0 Å². The van der Waals surface area contributed by atoms with Crippen LogP contribution in [-0.2, 0) is 16.1 Å². The SMILES string of the molecule is CCOCc1cc(C(=O)NNC(=O)CC23CC4CC(CC(C4)C2)C3)ccc1OC. The average Bonchev–Trinajstić information content (AvgIpc) is 2.68. The molecule has 0 heterocycles. The van der Waals surface area contributed by atoms with Gasteiger partial charge >= 0.3 is 0 Å². The van der Waals surface area contributed by atoms with E-state index in [-0.39, 0.29) is 17.2 Å². The lowest BCUT2D eigenvalue weighted by molar-refractivity contribution is -0.130. The smallest absolute Gasteiger partial charge is 0.269 e. The quantitative estimate of drug-likeness (QED) is 0.686. The van der Waals surface area contributed by atoms with E-state index in [4.69, 9.17) is 9.47 Å². The van der Waals surface area contributed by atoms with Crippen LogP contribution in [0, 0.1) is 23.2 Å². The van der Waals surface area contributed by atoms with Gasteiger partial charge in [-0.1, -0.05) is 0 Å². The topological polar surface area (TPSA) is 76.7 Å². The first-order valence-electron chi connectivity index (χ1n) is 10.8. The van der Waals surface area contributed by atoms with Crippen LogP contribution in [-0.4, -0.2) is 25.5 Å². The molecule has 0 saturated heterocycles. The lowest BCUT2D eigenvalue weighted by atomic mass is 9.49. The molecule has 4 aliphatic carbocycles. The fourth-order valence-corrected chi connectivity index (χ4v) is 6.33. The van der Waals surface area contributed by atoms with Crippen LogP contribution in [0.15, 0.2) is 18.2 Å². The zero-order chi connectivity index (χ0) is 20.4. The number of nitrogens with one attached hydrogen (secondary N) is 2. The van der Waals surface area contributed by atoms with E-state index in [1.54, 1.807) is 25.3 Å². The average molecular weight is 401 g/mol. The van der Waals surface area contributed by atoms with Gasteiger partial charge in [0.25, 0.3) is 5.91 Å². The third-order valence-electron chi connectivity index (χ3n) is 7.02. The molecule has 1 aromatic rings. The second-order valence-electron chi connectivity index (χ2n) is 9.26. The third kappa shape index (κ3) is 4.42. The predicted molar refractivity (Wildman–Crippen MR) is 109 cm³/mol. The number of carbonyl (C=O) groups is 2. The van der Waals surface area contributed by atoms with Crippen molar-refractivity contribution in [1.29, 1.82) is 0 Å². The van der Waals surface area contributed by atoms with E-state index in [9.17, 15) is 9.59 Å². The normalized spacial score (nSPS) is 29.5. The Morgan fingerprint density at radius 3 is 2.31 bits per heavy atom. The molecule has 29 heavy (non-hydrogen) atoms. The summed E-state index contributed by atoms with van der Waals surface area (Å²) in [6.45, 7) is 2.88. The summed E-state index contributed by atoms with van der Waals surface area (Å²) < 4.78 is 10.8. The van der Waals surface area contributed by atoms with E-state index in [0.29, 0.717) is 30.9 Å². The standard InChI is InChI=1S/C23H32N2O4/c1-3-29-14-19-9-18(4-5-20(19)28-2)22(27)25-24-21(26)13-23-10-15-6-16(11-23)8-17(7-15)12-23/h4-5,9,15-17H,3,6-8,10-14H2,1-2H3,(H,24,26)(H,25,27). The fourth-order valence-electron chi connectivity index (χ4n) is 6.33. The van der Waals surface area contributed by atoms with E-state index in [0.717, 1.165) is 23.3 Å². The summed E-state index contributed by atoms with van der Waals surface area (Å²) in [5.41, 5.74) is 6.66. The van der Waals surface area contributed by atoms with Crippen LogP contribution in [0.2, 0.25) is 0 Å². The number of ether oxygens (including phenoxy) is 2. The minimum atomic E-state index is -0.329. The molecule has 4 aliphatic rings. The van der Waals surface area contributed by atoms with Gasteiger partial charge in [-0.05, 0) is 86.8 Å². The van der Waals surface area contributed by atoms with Crippen molar-refractivity contribution >= 4 is 11.8 Å². The van der Waals surface area contributed by atoms with Crippen molar-refractivity contribution in [1.82, 2.24) is 10.9 Å². The van der Waals surface area contributed by atoms with Crippen LogP contribution in [0.4, 0.5) is 0 Å². The number of hydrogen-bond donors (Lipinski definition) is 2. The Morgan fingerprint density at radius 1 is 1.07 bits per heavy atom. The molecule has 2 amide bonds. The molecule has 0 spiro atoms. The molecule has 0 atom stereocenters. The van der Waals surface area contributed by atoms with Gasteiger partial charge < -0.3 is 9.47 Å². The van der Waals surface area contributed by atoms with E-state index >= 15 is 0 Å². The first-order chi connectivity index (χ1) is 14.0. The van der Waals surface area contributed by atoms with E-state index in [2.05, 4.69) is 10.9 Å². The summed E-state index contributed by atoms with van der Waals surface area (Å²) in [5.74, 6) is 2.71. The largest absolute Gasteiger partial charge is 0.496 e. The Labute approximate surface area is 172 Å². The summed E-state index contributed by atoms with van der Waals surface area (Å²) in [6, 6.07) is 5.18. The van der Waals surface area contributed by atoms with Crippen molar-refractivity contribution in [2.24, 2.45) is 23.2 Å². The van der Waals surface area contributed by atoms with Crippen LogP contribution < -0.4 is 15.6 Å². The zero-order valence-electron chi connectivity index (χ0n) is 17.5. The van der Waals surface area contributed by atoms with Crippen LogP contribution in [0.5, 0.6) is 5.75 Å². The highest BCUT2D eigenvalue weighted by molar-refractivity contribution is 5.95. The first-order valence-corrected chi connectivity index (χ1v) is 10.8. The molecule has 0 aliphatic heterocycles. The summed E-state index contributed by atoms with van der Waals surface area (Å²) in [4.78, 5) is 25.1. The van der Waals surface area contributed by atoms with Gasteiger partial charge in [0.05, 0.1) is 13.7 Å². The van der Waals surface area contributed by atoms with Crippen LogP contribution >= 0.6 is 0 Å². The Hall–Kier alpha value is -2.08. The Morgan fingerprint density at radius 2 is 1.72 bits per heavy atom. The summed E-state index contributed by atoms with van der Waals surface area (Å²) in [7, 11) is 1.59. The number of carbonyl (C=O) groups excluding carboxylic acids is 2. The van der Waals surface area contributed by atoms with Crippen molar-refractivity contribution in [2.75, 3.05) is 13.7 Å². The van der Waals surface area contributed by atoms with Gasteiger partial charge in [-0.2, -0.15) is 0 Å². The van der Waals surface area contributed by atoms with Gasteiger partial charge in [0.1, 0.15) is 5.75 Å². The van der Waals surface area contributed by atoms with Crippen molar-refractivity contribution in [2.45, 2.75) is 58.5 Å². The minimum absolute atomic E-state index is 0.0802. The molecule has 4 saturated carbocycles. The molecule has 6 nitrogen and oxygen atoms in total. The highest BCUT2D eigenvalue weighted by Crippen LogP contribution is 2.61. The number of methoxy groups -OCH3 is 1. The molecular formula is C23H32N2O4. The second-order valence-corrected chi connectivity index (χ2v) is 9.26.